The van der Waals surface area contributed by atoms with Crippen LogP contribution in [0.2, 0.25) is 0 Å². The first-order chi connectivity index (χ1) is 14.3. The van der Waals surface area contributed by atoms with Crippen molar-refractivity contribution >= 4 is 5.91 Å². The van der Waals surface area contributed by atoms with Crippen LogP contribution in [0.3, 0.4) is 0 Å². The lowest BCUT2D eigenvalue weighted by Gasteiger charge is -2.43. The van der Waals surface area contributed by atoms with Gasteiger partial charge < -0.3 is 14.4 Å². The summed E-state index contributed by atoms with van der Waals surface area (Å²) in [6.07, 6.45) is 1.58. The van der Waals surface area contributed by atoms with Crippen LogP contribution in [0.25, 0.3) is 11.1 Å². The van der Waals surface area contributed by atoms with Crippen molar-refractivity contribution in [3.63, 3.8) is 0 Å². The number of aromatic nitrogens is 1. The van der Waals surface area contributed by atoms with Crippen molar-refractivity contribution in [2.75, 3.05) is 33.7 Å². The van der Waals surface area contributed by atoms with Gasteiger partial charge in [-0.05, 0) is 41.0 Å². The maximum Gasteiger partial charge on any atom is 0.251 e. The normalized spacial score (nSPS) is 20.8. The minimum Gasteiger partial charge on any atom is -0.349 e. The van der Waals surface area contributed by atoms with Gasteiger partial charge in [-0.15, -0.1) is 0 Å². The molecule has 2 aliphatic heterocycles. The largest absolute Gasteiger partial charge is 0.349 e. The number of carbonyl (C=O) groups excluding carboxylic acids is 1. The van der Waals surface area contributed by atoms with E-state index in [9.17, 15) is 9.59 Å². The minimum absolute atomic E-state index is 0.0904. The number of hydrogen-bond donors (Lipinski definition) is 0. The Labute approximate surface area is 179 Å². The lowest BCUT2D eigenvalue weighted by molar-refractivity contribution is -0.127. The van der Waals surface area contributed by atoms with E-state index >= 15 is 0 Å². The topological polar surface area (TPSA) is 45.6 Å². The Bertz CT molecular complexity index is 975. The first-order valence-corrected chi connectivity index (χ1v) is 11.1. The van der Waals surface area contributed by atoms with Crippen LogP contribution in [0.4, 0.5) is 0 Å². The SMILES string of the molecule is CC(C)CN1C[C@@H]2C[C@H](C1)c1cc(-c3ccc(CC(=O)N(C)C)cc3)cc(=O)n1C2. The standard InChI is InChI=1S/C25H33N3O2/c1-17(2)13-27-14-19-9-22(16-27)23-11-21(12-25(30)28(23)15-19)20-7-5-18(6-8-20)10-24(29)26(3)4/h5-8,11-12,17,19,22H,9-10,13-16H2,1-4H3/t19-,22+/m0/s1. The molecule has 3 heterocycles. The zero-order valence-corrected chi connectivity index (χ0v) is 18.6. The molecule has 5 heteroatoms. The van der Waals surface area contributed by atoms with Gasteiger partial charge in [0.2, 0.25) is 5.91 Å². The molecule has 1 fully saturated rings. The summed E-state index contributed by atoms with van der Waals surface area (Å²) in [5.74, 6) is 1.76. The van der Waals surface area contributed by atoms with Crippen molar-refractivity contribution in [3.05, 3.63) is 58.0 Å². The van der Waals surface area contributed by atoms with Crippen LogP contribution >= 0.6 is 0 Å². The fourth-order valence-corrected chi connectivity index (χ4v) is 5.04. The lowest BCUT2D eigenvalue weighted by Crippen LogP contribution is -2.48. The second kappa shape index (κ2) is 8.38. The molecule has 2 atom stereocenters. The lowest BCUT2D eigenvalue weighted by atomic mass is 9.82. The summed E-state index contributed by atoms with van der Waals surface area (Å²) in [4.78, 5) is 29.1. The number of piperidine rings is 1. The van der Waals surface area contributed by atoms with E-state index in [1.165, 1.54) is 12.1 Å². The Balaban J connectivity index is 1.59. The number of amides is 1. The van der Waals surface area contributed by atoms with Gasteiger partial charge >= 0.3 is 0 Å². The van der Waals surface area contributed by atoms with Crippen LogP contribution in [0.1, 0.15) is 37.4 Å². The Morgan fingerprint density at radius 3 is 2.47 bits per heavy atom. The molecule has 160 valence electrons. The van der Waals surface area contributed by atoms with E-state index in [1.54, 1.807) is 25.1 Å². The fraction of sp³-hybridized carbons (Fsp3) is 0.520. The molecule has 0 unspecified atom stereocenters. The van der Waals surface area contributed by atoms with Gasteiger partial charge in [0.05, 0.1) is 6.42 Å². The van der Waals surface area contributed by atoms with Gasteiger partial charge in [-0.3, -0.25) is 9.59 Å². The second-order valence-corrected chi connectivity index (χ2v) is 9.69. The molecule has 1 amide bonds. The molecule has 0 spiro atoms. The molecular formula is C25H33N3O2. The number of carbonyl (C=O) groups is 1. The molecule has 1 aromatic heterocycles. The van der Waals surface area contributed by atoms with Gasteiger partial charge in [0.1, 0.15) is 0 Å². The Kier molecular flexibility index (Phi) is 5.83. The molecule has 0 aliphatic carbocycles. The van der Waals surface area contributed by atoms with Crippen molar-refractivity contribution in [3.8, 4) is 11.1 Å². The third kappa shape index (κ3) is 4.36. The highest BCUT2D eigenvalue weighted by atomic mass is 16.2. The highest BCUT2D eigenvalue weighted by Gasteiger charge is 2.34. The monoisotopic (exact) mass is 407 g/mol. The molecule has 30 heavy (non-hydrogen) atoms. The van der Waals surface area contributed by atoms with Crippen LogP contribution in [0.15, 0.2) is 41.2 Å². The number of fused-ring (bicyclic) bond motifs is 4. The molecule has 0 radical (unpaired) electrons. The van der Waals surface area contributed by atoms with Crippen molar-refractivity contribution < 1.29 is 4.79 Å². The van der Waals surface area contributed by atoms with Gasteiger partial charge in [0.25, 0.3) is 5.56 Å². The number of hydrogen-bond acceptors (Lipinski definition) is 3. The predicted octanol–water partition coefficient (Wildman–Crippen LogP) is 3.22. The van der Waals surface area contributed by atoms with Gasteiger partial charge in [0.15, 0.2) is 0 Å². The van der Waals surface area contributed by atoms with E-state index in [-0.39, 0.29) is 11.5 Å². The van der Waals surface area contributed by atoms with E-state index in [0.29, 0.717) is 24.2 Å². The van der Waals surface area contributed by atoms with Crippen molar-refractivity contribution in [2.24, 2.45) is 11.8 Å². The summed E-state index contributed by atoms with van der Waals surface area (Å²) >= 11 is 0. The summed E-state index contributed by atoms with van der Waals surface area (Å²) in [5.41, 5.74) is 4.31. The Hall–Kier alpha value is -2.40. The average molecular weight is 408 g/mol. The summed E-state index contributed by atoms with van der Waals surface area (Å²) in [6.45, 7) is 8.67. The molecule has 2 aliphatic rings. The van der Waals surface area contributed by atoms with Crippen molar-refractivity contribution in [2.45, 2.75) is 39.2 Å². The summed E-state index contributed by atoms with van der Waals surface area (Å²) in [6, 6.07) is 12.0. The summed E-state index contributed by atoms with van der Waals surface area (Å²) in [7, 11) is 3.55. The third-order valence-corrected chi connectivity index (χ3v) is 6.40. The van der Waals surface area contributed by atoms with E-state index in [1.807, 2.05) is 28.8 Å². The minimum atomic E-state index is 0.0904. The van der Waals surface area contributed by atoms with Gasteiger partial charge in [-0.1, -0.05) is 38.1 Å². The molecular weight excluding hydrogens is 374 g/mol. The van der Waals surface area contributed by atoms with Gasteiger partial charge in [-0.25, -0.2) is 0 Å². The number of rotatable bonds is 5. The molecule has 2 bridgehead atoms. The van der Waals surface area contributed by atoms with Crippen LogP contribution in [0.5, 0.6) is 0 Å². The summed E-state index contributed by atoms with van der Waals surface area (Å²) in [5, 5.41) is 0. The Morgan fingerprint density at radius 1 is 1.07 bits per heavy atom. The third-order valence-electron chi connectivity index (χ3n) is 6.40. The molecule has 4 rings (SSSR count). The Morgan fingerprint density at radius 2 is 1.80 bits per heavy atom. The van der Waals surface area contributed by atoms with Crippen LogP contribution in [-0.4, -0.2) is 54.0 Å². The quantitative estimate of drug-likeness (QED) is 0.765. The van der Waals surface area contributed by atoms with Gasteiger partial charge in [0, 0.05) is 58.0 Å². The number of pyridine rings is 1. The number of likely N-dealkylation sites (N-methyl/N-ethyl adjacent to an activating group) is 1. The van der Waals surface area contributed by atoms with Crippen LogP contribution in [0, 0.1) is 11.8 Å². The molecule has 1 saturated heterocycles. The zero-order chi connectivity index (χ0) is 21.4. The fourth-order valence-electron chi connectivity index (χ4n) is 5.04. The first kappa shape index (κ1) is 20.9. The molecule has 1 aromatic carbocycles. The molecule has 0 N–H and O–H groups in total. The average Bonchev–Trinajstić information content (AvgIpc) is 2.68. The van der Waals surface area contributed by atoms with Gasteiger partial charge in [-0.2, -0.15) is 0 Å². The highest BCUT2D eigenvalue weighted by molar-refractivity contribution is 5.78. The van der Waals surface area contributed by atoms with Crippen molar-refractivity contribution in [1.82, 2.24) is 14.4 Å². The number of likely N-dealkylation sites (tertiary alicyclic amines) is 1. The van der Waals surface area contributed by atoms with E-state index < -0.39 is 0 Å². The van der Waals surface area contributed by atoms with E-state index in [0.717, 1.165) is 42.9 Å². The number of nitrogens with zero attached hydrogens (tertiary/aromatic N) is 3. The van der Waals surface area contributed by atoms with E-state index in [2.05, 4.69) is 24.8 Å². The van der Waals surface area contributed by atoms with Crippen LogP contribution < -0.4 is 5.56 Å². The molecule has 2 aromatic rings. The second-order valence-electron chi connectivity index (χ2n) is 9.69. The maximum absolute atomic E-state index is 12.9. The first-order valence-electron chi connectivity index (χ1n) is 11.1. The molecule has 0 saturated carbocycles. The molecule has 5 nitrogen and oxygen atoms in total. The highest BCUT2D eigenvalue weighted by Crippen LogP contribution is 2.36. The maximum atomic E-state index is 12.9. The number of benzene rings is 1. The summed E-state index contributed by atoms with van der Waals surface area (Å²) < 4.78 is 2.01. The van der Waals surface area contributed by atoms with E-state index in [4.69, 9.17) is 0 Å². The zero-order valence-electron chi connectivity index (χ0n) is 18.6. The van der Waals surface area contributed by atoms with Crippen molar-refractivity contribution in [1.29, 1.82) is 0 Å². The van der Waals surface area contributed by atoms with Crippen LogP contribution in [-0.2, 0) is 17.8 Å². The smallest absolute Gasteiger partial charge is 0.251 e. The predicted molar refractivity (Wildman–Crippen MR) is 121 cm³/mol.